The minimum absolute atomic E-state index is 0.0740. The van der Waals surface area contributed by atoms with Crippen LogP contribution >= 0.6 is 0 Å². The molecule has 4 rings (SSSR count). The van der Waals surface area contributed by atoms with E-state index in [2.05, 4.69) is 20.3 Å². The molecule has 1 saturated heterocycles. The van der Waals surface area contributed by atoms with Crippen LogP contribution in [0.25, 0.3) is 0 Å². The fraction of sp³-hybridized carbons (Fsp3) is 0.476. The monoisotopic (exact) mass is 466 g/mol. The molecule has 2 fully saturated rings. The van der Waals surface area contributed by atoms with E-state index in [-0.39, 0.29) is 22.6 Å². The van der Waals surface area contributed by atoms with Crippen LogP contribution in [0.5, 0.6) is 5.75 Å². The van der Waals surface area contributed by atoms with Crippen LogP contribution in [0.2, 0.25) is 0 Å². The van der Waals surface area contributed by atoms with Gasteiger partial charge in [-0.2, -0.15) is 19.0 Å². The first-order chi connectivity index (χ1) is 15.1. The Balaban J connectivity index is 1.40. The number of halogens is 2. The molecular weight excluding hydrogens is 442 g/mol. The van der Waals surface area contributed by atoms with E-state index in [1.54, 1.807) is 11.0 Å². The van der Waals surface area contributed by atoms with Crippen LogP contribution in [0, 0.1) is 5.92 Å². The Kier molecular flexibility index (Phi) is 5.78. The Morgan fingerprint density at radius 3 is 2.34 bits per heavy atom. The van der Waals surface area contributed by atoms with E-state index < -0.39 is 20.7 Å². The van der Waals surface area contributed by atoms with Crippen molar-refractivity contribution in [3.8, 4) is 5.75 Å². The summed E-state index contributed by atoms with van der Waals surface area (Å²) >= 11 is 0. The van der Waals surface area contributed by atoms with Gasteiger partial charge < -0.3 is 15.0 Å². The molecule has 2 heterocycles. The average Bonchev–Trinajstić information content (AvgIpc) is 3.56. The van der Waals surface area contributed by atoms with Gasteiger partial charge in [0, 0.05) is 20.0 Å². The molecule has 1 aliphatic carbocycles. The molecule has 1 saturated carbocycles. The summed E-state index contributed by atoms with van der Waals surface area (Å²) in [6, 6.07) is 6.53. The zero-order chi connectivity index (χ0) is 23.0. The summed E-state index contributed by atoms with van der Waals surface area (Å²) in [5.74, 6) is -0.167. The first-order valence-corrected chi connectivity index (χ1v) is 11.8. The molecule has 0 unspecified atom stereocenters. The molecule has 2 aliphatic rings. The Morgan fingerprint density at radius 2 is 1.81 bits per heavy atom. The standard InChI is InChI=1S/C21H24F2N4O4S/c1-20(22,23)31-17-2-4-18(5-3-17)32(29,30)21(9-10-21)15-7-12-27(13-8-15)19(28)26-16-6-11-24-25-14-16/h2-6,11,14-15H,7-10,12-13H2,1H3,(H,24,26,28). The topological polar surface area (TPSA) is 101 Å². The highest BCUT2D eigenvalue weighted by atomic mass is 32.2. The smallest absolute Gasteiger partial charge is 0.394 e. The van der Waals surface area contributed by atoms with Crippen molar-refractivity contribution in [3.05, 3.63) is 42.7 Å². The molecule has 8 nitrogen and oxygen atoms in total. The number of carbonyl (C=O) groups is 1. The number of piperidine rings is 1. The molecule has 2 amide bonds. The molecule has 0 spiro atoms. The SMILES string of the molecule is CC(F)(F)Oc1ccc(S(=O)(=O)C2(C3CCN(C(=O)Nc4ccnnc4)CC3)CC2)cc1. The van der Waals surface area contributed by atoms with Gasteiger partial charge in [-0.3, -0.25) is 0 Å². The van der Waals surface area contributed by atoms with Gasteiger partial charge in [-0.1, -0.05) is 0 Å². The fourth-order valence-corrected chi connectivity index (χ4v) is 6.60. The van der Waals surface area contributed by atoms with Crippen LogP contribution < -0.4 is 10.1 Å². The maximum Gasteiger partial charge on any atom is 0.394 e. The van der Waals surface area contributed by atoms with Gasteiger partial charge in [0.05, 0.1) is 27.7 Å². The Morgan fingerprint density at radius 1 is 1.16 bits per heavy atom. The van der Waals surface area contributed by atoms with Crippen molar-refractivity contribution in [3.63, 3.8) is 0 Å². The summed E-state index contributed by atoms with van der Waals surface area (Å²) in [5, 5.41) is 10.1. The quantitative estimate of drug-likeness (QED) is 0.696. The molecule has 1 aromatic heterocycles. The third-order valence-corrected chi connectivity index (χ3v) is 8.78. The van der Waals surface area contributed by atoms with Crippen LogP contribution in [-0.4, -0.2) is 53.5 Å². The molecule has 1 aliphatic heterocycles. The van der Waals surface area contributed by atoms with E-state index in [1.807, 2.05) is 0 Å². The van der Waals surface area contributed by atoms with Gasteiger partial charge >= 0.3 is 12.1 Å². The first kappa shape index (κ1) is 22.4. The van der Waals surface area contributed by atoms with E-state index in [0.717, 1.165) is 0 Å². The van der Waals surface area contributed by atoms with Crippen molar-refractivity contribution in [2.45, 2.75) is 48.4 Å². The van der Waals surface area contributed by atoms with E-state index >= 15 is 0 Å². The predicted molar refractivity (Wildman–Crippen MR) is 112 cm³/mol. The molecule has 32 heavy (non-hydrogen) atoms. The summed E-state index contributed by atoms with van der Waals surface area (Å²) in [7, 11) is -3.65. The number of anilines is 1. The molecular formula is C21H24F2N4O4S. The van der Waals surface area contributed by atoms with E-state index in [4.69, 9.17) is 0 Å². The predicted octanol–water partition coefficient (Wildman–Crippen LogP) is 3.72. The first-order valence-electron chi connectivity index (χ1n) is 10.3. The Hall–Kier alpha value is -2.82. The lowest BCUT2D eigenvalue weighted by Gasteiger charge is -2.36. The third-order valence-electron chi connectivity index (χ3n) is 6.07. The summed E-state index contributed by atoms with van der Waals surface area (Å²) in [6.45, 7) is 1.52. The molecule has 0 radical (unpaired) electrons. The normalized spacial score (nSPS) is 18.8. The number of ether oxygens (including phenoxy) is 1. The lowest BCUT2D eigenvalue weighted by atomic mass is 9.91. The third kappa shape index (κ3) is 4.52. The number of amides is 2. The van der Waals surface area contributed by atoms with E-state index in [9.17, 15) is 22.0 Å². The number of likely N-dealkylation sites (tertiary alicyclic amines) is 1. The number of carbonyl (C=O) groups excluding carboxylic acids is 1. The highest BCUT2D eigenvalue weighted by molar-refractivity contribution is 7.93. The van der Waals surface area contributed by atoms with Crippen LogP contribution in [-0.2, 0) is 9.84 Å². The second kappa shape index (κ2) is 8.27. The lowest BCUT2D eigenvalue weighted by molar-refractivity contribution is -0.158. The molecule has 1 N–H and O–H groups in total. The fourth-order valence-electron chi connectivity index (χ4n) is 4.32. The summed E-state index contributed by atoms with van der Waals surface area (Å²) in [4.78, 5) is 14.2. The molecule has 11 heteroatoms. The molecule has 1 aromatic carbocycles. The zero-order valence-electron chi connectivity index (χ0n) is 17.5. The summed E-state index contributed by atoms with van der Waals surface area (Å²) in [5.41, 5.74) is 0.543. The number of urea groups is 1. The molecule has 0 bridgehead atoms. The van der Waals surface area contributed by atoms with Crippen molar-refractivity contribution in [2.24, 2.45) is 5.92 Å². The van der Waals surface area contributed by atoms with Gasteiger partial charge in [0.1, 0.15) is 5.75 Å². The zero-order valence-corrected chi connectivity index (χ0v) is 18.3. The van der Waals surface area contributed by atoms with Crippen molar-refractivity contribution in [2.75, 3.05) is 18.4 Å². The average molecular weight is 467 g/mol. The van der Waals surface area contributed by atoms with Gasteiger partial charge in [-0.15, -0.1) is 0 Å². The van der Waals surface area contributed by atoms with Crippen molar-refractivity contribution in [1.82, 2.24) is 15.1 Å². The minimum atomic E-state index is -3.65. The molecule has 0 atom stereocenters. The summed E-state index contributed by atoms with van der Waals surface area (Å²) < 4.78 is 56.4. The van der Waals surface area contributed by atoms with E-state index in [1.165, 1.54) is 36.7 Å². The Bertz CT molecular complexity index is 1060. The van der Waals surface area contributed by atoms with E-state index in [0.29, 0.717) is 51.4 Å². The summed E-state index contributed by atoms with van der Waals surface area (Å²) in [6.07, 6.45) is 1.85. The maximum absolute atomic E-state index is 13.4. The number of sulfone groups is 1. The molecule has 172 valence electrons. The van der Waals surface area contributed by atoms with Gasteiger partial charge in [-0.25, -0.2) is 13.2 Å². The van der Waals surface area contributed by atoms with Crippen LogP contribution in [0.15, 0.2) is 47.6 Å². The van der Waals surface area contributed by atoms with Crippen LogP contribution in [0.1, 0.15) is 32.6 Å². The number of rotatable bonds is 6. The number of benzene rings is 1. The largest absolute Gasteiger partial charge is 0.433 e. The maximum atomic E-state index is 13.4. The lowest BCUT2D eigenvalue weighted by Crippen LogP contribution is -2.45. The minimum Gasteiger partial charge on any atom is -0.433 e. The Labute approximate surface area is 184 Å². The highest BCUT2D eigenvalue weighted by Crippen LogP contribution is 2.55. The number of hydrogen-bond donors (Lipinski definition) is 1. The number of nitrogens with zero attached hydrogens (tertiary/aromatic N) is 3. The molecule has 2 aromatic rings. The van der Waals surface area contributed by atoms with Gasteiger partial charge in [0.25, 0.3) is 0 Å². The van der Waals surface area contributed by atoms with Crippen LogP contribution in [0.4, 0.5) is 19.3 Å². The van der Waals surface area contributed by atoms with Gasteiger partial charge in [0.15, 0.2) is 9.84 Å². The van der Waals surface area contributed by atoms with Gasteiger partial charge in [0.2, 0.25) is 0 Å². The second-order valence-electron chi connectivity index (χ2n) is 8.27. The second-order valence-corrected chi connectivity index (χ2v) is 10.6. The number of alkyl halides is 2. The number of aromatic nitrogens is 2. The van der Waals surface area contributed by atoms with Crippen LogP contribution in [0.3, 0.4) is 0 Å². The van der Waals surface area contributed by atoms with Crippen molar-refractivity contribution < 1.29 is 26.7 Å². The number of hydrogen-bond acceptors (Lipinski definition) is 6. The highest BCUT2D eigenvalue weighted by Gasteiger charge is 2.60. The van der Waals surface area contributed by atoms with Crippen molar-refractivity contribution in [1.29, 1.82) is 0 Å². The number of nitrogens with one attached hydrogen (secondary N) is 1. The van der Waals surface area contributed by atoms with Crippen molar-refractivity contribution >= 4 is 21.6 Å². The van der Waals surface area contributed by atoms with Gasteiger partial charge in [-0.05, 0) is 61.9 Å².